The molecule has 0 aliphatic heterocycles. The molecule has 4 nitrogen and oxygen atoms in total. The predicted molar refractivity (Wildman–Crippen MR) is 69.8 cm³/mol. The van der Waals surface area contributed by atoms with Crippen molar-refractivity contribution in [3.8, 4) is 11.5 Å². The van der Waals surface area contributed by atoms with Gasteiger partial charge < -0.3 is 19.7 Å². The molecule has 0 saturated heterocycles. The van der Waals surface area contributed by atoms with E-state index in [-0.39, 0.29) is 0 Å². The minimum atomic E-state index is 0.807. The van der Waals surface area contributed by atoms with Crippen molar-refractivity contribution >= 4 is 0 Å². The molecule has 0 spiro atoms. The van der Waals surface area contributed by atoms with Crippen LogP contribution < -0.4 is 14.8 Å². The summed E-state index contributed by atoms with van der Waals surface area (Å²) >= 11 is 0. The Hall–Kier alpha value is -1.26. The summed E-state index contributed by atoms with van der Waals surface area (Å²) in [5.74, 6) is 1.68. The first-order chi connectivity index (χ1) is 8.17. The van der Waals surface area contributed by atoms with E-state index in [0.717, 1.165) is 36.7 Å². The van der Waals surface area contributed by atoms with Crippen molar-refractivity contribution in [2.75, 3.05) is 41.4 Å². The smallest absolute Gasteiger partial charge is 0.127 e. The van der Waals surface area contributed by atoms with Gasteiger partial charge in [-0.25, -0.2) is 0 Å². The lowest BCUT2D eigenvalue weighted by Crippen LogP contribution is -2.26. The molecular weight excluding hydrogens is 216 g/mol. The first-order valence-corrected chi connectivity index (χ1v) is 5.73. The second-order valence-corrected chi connectivity index (χ2v) is 4.16. The molecule has 0 unspecified atom stereocenters. The number of likely N-dealkylation sites (N-methyl/N-ethyl adjacent to an activating group) is 1. The summed E-state index contributed by atoms with van der Waals surface area (Å²) in [7, 11) is 7.47. The topological polar surface area (TPSA) is 33.7 Å². The maximum atomic E-state index is 5.34. The Bertz CT molecular complexity index is 340. The lowest BCUT2D eigenvalue weighted by molar-refractivity contribution is 0.384. The number of nitrogens with one attached hydrogen (secondary N) is 1. The highest BCUT2D eigenvalue weighted by molar-refractivity contribution is 5.40. The quantitative estimate of drug-likeness (QED) is 0.727. The van der Waals surface area contributed by atoms with E-state index in [0.29, 0.717) is 0 Å². The largest absolute Gasteiger partial charge is 0.497 e. The van der Waals surface area contributed by atoms with Crippen molar-refractivity contribution in [2.45, 2.75) is 6.54 Å². The molecular formula is C13H22N2O2. The molecule has 0 heterocycles. The predicted octanol–water partition coefficient (Wildman–Crippen LogP) is 1.35. The van der Waals surface area contributed by atoms with Gasteiger partial charge in [-0.2, -0.15) is 0 Å². The molecule has 0 aromatic heterocycles. The lowest BCUT2D eigenvalue weighted by Gasteiger charge is -2.13. The Morgan fingerprint density at radius 2 is 1.94 bits per heavy atom. The molecule has 1 aromatic carbocycles. The highest BCUT2D eigenvalue weighted by atomic mass is 16.5. The second-order valence-electron chi connectivity index (χ2n) is 4.16. The Kier molecular flexibility index (Phi) is 5.80. The SMILES string of the molecule is COc1ccc(CNCCN(C)C)c(OC)c1. The molecule has 4 heteroatoms. The van der Waals surface area contributed by atoms with Crippen molar-refractivity contribution < 1.29 is 9.47 Å². The molecule has 1 N–H and O–H groups in total. The molecule has 0 saturated carbocycles. The van der Waals surface area contributed by atoms with Crippen LogP contribution in [0.3, 0.4) is 0 Å². The zero-order chi connectivity index (χ0) is 12.7. The van der Waals surface area contributed by atoms with E-state index in [2.05, 4.69) is 24.3 Å². The number of nitrogens with zero attached hydrogens (tertiary/aromatic N) is 1. The zero-order valence-corrected chi connectivity index (χ0v) is 11.1. The molecule has 0 amide bonds. The van der Waals surface area contributed by atoms with Gasteiger partial charge in [0.05, 0.1) is 14.2 Å². The Labute approximate surface area is 104 Å². The summed E-state index contributed by atoms with van der Waals surface area (Å²) in [6.07, 6.45) is 0. The van der Waals surface area contributed by atoms with Crippen LogP contribution in [0.4, 0.5) is 0 Å². The third kappa shape index (κ3) is 4.63. The number of benzene rings is 1. The fourth-order valence-corrected chi connectivity index (χ4v) is 1.52. The van der Waals surface area contributed by atoms with Crippen LogP contribution in [0.1, 0.15) is 5.56 Å². The fraction of sp³-hybridized carbons (Fsp3) is 0.538. The van der Waals surface area contributed by atoms with Crippen molar-refractivity contribution in [3.63, 3.8) is 0 Å². The zero-order valence-electron chi connectivity index (χ0n) is 11.1. The number of hydrogen-bond acceptors (Lipinski definition) is 4. The van der Waals surface area contributed by atoms with Crippen molar-refractivity contribution in [1.82, 2.24) is 10.2 Å². The Balaban J connectivity index is 2.52. The van der Waals surface area contributed by atoms with Crippen LogP contribution in [0.15, 0.2) is 18.2 Å². The van der Waals surface area contributed by atoms with Crippen LogP contribution in [-0.2, 0) is 6.54 Å². The van der Waals surface area contributed by atoms with Crippen LogP contribution in [0.5, 0.6) is 11.5 Å². The first kappa shape index (κ1) is 13.8. The summed E-state index contributed by atoms with van der Waals surface area (Å²) in [6, 6.07) is 5.88. The van der Waals surface area contributed by atoms with Crippen molar-refractivity contribution in [2.24, 2.45) is 0 Å². The monoisotopic (exact) mass is 238 g/mol. The van der Waals surface area contributed by atoms with E-state index in [1.54, 1.807) is 14.2 Å². The minimum absolute atomic E-state index is 0.807. The van der Waals surface area contributed by atoms with Crippen LogP contribution in [-0.4, -0.2) is 46.3 Å². The Morgan fingerprint density at radius 3 is 2.53 bits per heavy atom. The minimum Gasteiger partial charge on any atom is -0.497 e. The average molecular weight is 238 g/mol. The summed E-state index contributed by atoms with van der Waals surface area (Å²) in [4.78, 5) is 2.15. The van der Waals surface area contributed by atoms with Gasteiger partial charge in [0.25, 0.3) is 0 Å². The molecule has 0 atom stereocenters. The van der Waals surface area contributed by atoms with E-state index in [1.165, 1.54) is 0 Å². The van der Waals surface area contributed by atoms with Crippen LogP contribution in [0.2, 0.25) is 0 Å². The van der Waals surface area contributed by atoms with Gasteiger partial charge in [-0.05, 0) is 20.2 Å². The van der Waals surface area contributed by atoms with Crippen LogP contribution in [0.25, 0.3) is 0 Å². The molecule has 0 bridgehead atoms. The van der Waals surface area contributed by atoms with Gasteiger partial charge in [0.1, 0.15) is 11.5 Å². The van der Waals surface area contributed by atoms with E-state index < -0.39 is 0 Å². The summed E-state index contributed by atoms with van der Waals surface area (Å²) < 4.78 is 10.5. The summed E-state index contributed by atoms with van der Waals surface area (Å²) in [6.45, 7) is 2.79. The van der Waals surface area contributed by atoms with E-state index in [1.807, 2.05) is 18.2 Å². The third-order valence-corrected chi connectivity index (χ3v) is 2.55. The number of rotatable bonds is 7. The fourth-order valence-electron chi connectivity index (χ4n) is 1.52. The number of ether oxygens (including phenoxy) is 2. The second kappa shape index (κ2) is 7.14. The van der Waals surface area contributed by atoms with Gasteiger partial charge in [-0.3, -0.25) is 0 Å². The number of hydrogen-bond donors (Lipinski definition) is 1. The van der Waals surface area contributed by atoms with E-state index in [4.69, 9.17) is 9.47 Å². The number of methoxy groups -OCH3 is 2. The van der Waals surface area contributed by atoms with Gasteiger partial charge in [0.15, 0.2) is 0 Å². The molecule has 1 aromatic rings. The van der Waals surface area contributed by atoms with E-state index >= 15 is 0 Å². The van der Waals surface area contributed by atoms with Gasteiger partial charge in [-0.1, -0.05) is 6.07 Å². The molecule has 0 radical (unpaired) electrons. The van der Waals surface area contributed by atoms with Gasteiger partial charge in [0, 0.05) is 31.3 Å². The maximum Gasteiger partial charge on any atom is 0.127 e. The lowest BCUT2D eigenvalue weighted by atomic mass is 10.2. The highest BCUT2D eigenvalue weighted by Gasteiger charge is 2.04. The highest BCUT2D eigenvalue weighted by Crippen LogP contribution is 2.24. The van der Waals surface area contributed by atoms with Gasteiger partial charge in [-0.15, -0.1) is 0 Å². The standard InChI is InChI=1S/C13H22N2O2/c1-15(2)8-7-14-10-11-5-6-12(16-3)9-13(11)17-4/h5-6,9,14H,7-8,10H2,1-4H3. The maximum absolute atomic E-state index is 5.34. The van der Waals surface area contributed by atoms with Crippen LogP contribution >= 0.6 is 0 Å². The van der Waals surface area contributed by atoms with Gasteiger partial charge >= 0.3 is 0 Å². The van der Waals surface area contributed by atoms with Crippen molar-refractivity contribution in [3.05, 3.63) is 23.8 Å². The Morgan fingerprint density at radius 1 is 1.18 bits per heavy atom. The van der Waals surface area contributed by atoms with Crippen molar-refractivity contribution in [1.29, 1.82) is 0 Å². The van der Waals surface area contributed by atoms with Crippen LogP contribution in [0, 0.1) is 0 Å². The molecule has 0 aliphatic carbocycles. The molecule has 96 valence electrons. The first-order valence-electron chi connectivity index (χ1n) is 5.73. The molecule has 0 fully saturated rings. The summed E-state index contributed by atoms with van der Waals surface area (Å²) in [5, 5.41) is 3.38. The normalized spacial score (nSPS) is 10.6. The third-order valence-electron chi connectivity index (χ3n) is 2.55. The molecule has 1 rings (SSSR count). The average Bonchev–Trinajstić information content (AvgIpc) is 2.34. The molecule has 0 aliphatic rings. The van der Waals surface area contributed by atoms with E-state index in [9.17, 15) is 0 Å². The molecule has 17 heavy (non-hydrogen) atoms. The van der Waals surface area contributed by atoms with Gasteiger partial charge in [0.2, 0.25) is 0 Å². The summed E-state index contributed by atoms with van der Waals surface area (Å²) in [5.41, 5.74) is 1.15.